The van der Waals surface area contributed by atoms with Gasteiger partial charge in [0, 0.05) is 35.1 Å². The Hall–Kier alpha value is -1.58. The maximum atomic E-state index is 13.0. The Bertz CT molecular complexity index is 998. The van der Waals surface area contributed by atoms with Crippen molar-refractivity contribution in [1.82, 2.24) is 15.2 Å². The molecule has 3 heterocycles. The van der Waals surface area contributed by atoms with E-state index in [1.165, 1.54) is 10.4 Å². The minimum Gasteiger partial charge on any atom is -0.346 e. The third-order valence-electron chi connectivity index (χ3n) is 7.07. The van der Waals surface area contributed by atoms with Crippen LogP contribution in [0.2, 0.25) is 0 Å². The third-order valence-corrected chi connectivity index (χ3v) is 9.18. The Kier molecular flexibility index (Phi) is 8.49. The molecule has 2 aromatic rings. The van der Waals surface area contributed by atoms with Crippen LogP contribution in [-0.2, 0) is 13.1 Å². The number of thioether (sulfide) groups is 1. The summed E-state index contributed by atoms with van der Waals surface area (Å²) in [5.74, 6) is 0.443. The first-order valence-corrected chi connectivity index (χ1v) is 14.2. The molecule has 35 heavy (non-hydrogen) atoms. The fraction of sp³-hybridized carbons (Fsp3) is 0.615. The van der Waals surface area contributed by atoms with Gasteiger partial charge in [-0.25, -0.2) is 0 Å². The van der Waals surface area contributed by atoms with Crippen molar-refractivity contribution in [2.24, 2.45) is 17.8 Å². The van der Waals surface area contributed by atoms with E-state index < -0.39 is 12.1 Å². The Labute approximate surface area is 214 Å². The van der Waals surface area contributed by atoms with Crippen molar-refractivity contribution >= 4 is 29.0 Å². The number of nitrogens with one attached hydrogen (secondary N) is 1. The van der Waals surface area contributed by atoms with Crippen molar-refractivity contribution in [3.05, 3.63) is 45.4 Å². The summed E-state index contributed by atoms with van der Waals surface area (Å²) in [5, 5.41) is 2.99. The number of nitrogens with zero attached hydrogens (tertiary/aromatic N) is 2. The highest BCUT2D eigenvalue weighted by Gasteiger charge is 2.42. The minimum absolute atomic E-state index is 0.0854. The van der Waals surface area contributed by atoms with Crippen LogP contribution in [0.25, 0.3) is 0 Å². The highest BCUT2D eigenvalue weighted by atomic mass is 32.2. The molecule has 1 aliphatic heterocycles. The molecule has 9 heteroatoms. The monoisotopic (exact) mass is 525 g/mol. The molecule has 192 valence electrons. The SMILES string of the molecule is CCSc1ccc(CNC(=O)c2cc3c(s2)C(C(C)C)N(CC2CCC(C(F)(F)F)CC2)C3)nc1. The van der Waals surface area contributed by atoms with Gasteiger partial charge in [-0.2, -0.15) is 13.2 Å². The lowest BCUT2D eigenvalue weighted by molar-refractivity contribution is -0.184. The number of halogens is 3. The predicted octanol–water partition coefficient (Wildman–Crippen LogP) is 7.07. The number of rotatable bonds is 8. The fourth-order valence-corrected chi connectivity index (χ4v) is 7.37. The zero-order chi connectivity index (χ0) is 25.2. The van der Waals surface area contributed by atoms with Crippen molar-refractivity contribution in [3.63, 3.8) is 0 Å². The van der Waals surface area contributed by atoms with Crippen LogP contribution < -0.4 is 5.32 Å². The lowest BCUT2D eigenvalue weighted by atomic mass is 9.81. The van der Waals surface area contributed by atoms with Crippen molar-refractivity contribution in [3.8, 4) is 0 Å². The summed E-state index contributed by atoms with van der Waals surface area (Å²) in [7, 11) is 0. The molecule has 1 unspecified atom stereocenters. The largest absolute Gasteiger partial charge is 0.391 e. The molecule has 1 N–H and O–H groups in total. The zero-order valence-electron chi connectivity index (χ0n) is 20.5. The summed E-state index contributed by atoms with van der Waals surface area (Å²) < 4.78 is 39.1. The average molecular weight is 526 g/mol. The van der Waals surface area contributed by atoms with E-state index in [4.69, 9.17) is 0 Å². The Morgan fingerprint density at radius 1 is 1.26 bits per heavy atom. The maximum Gasteiger partial charge on any atom is 0.391 e. The number of amides is 1. The lowest BCUT2D eigenvalue weighted by Crippen LogP contribution is -2.35. The number of aromatic nitrogens is 1. The highest BCUT2D eigenvalue weighted by molar-refractivity contribution is 7.99. The van der Waals surface area contributed by atoms with Crippen LogP contribution in [0, 0.1) is 17.8 Å². The van der Waals surface area contributed by atoms with Gasteiger partial charge < -0.3 is 5.32 Å². The molecule has 0 spiro atoms. The number of pyridine rings is 1. The van der Waals surface area contributed by atoms with Crippen LogP contribution in [0.3, 0.4) is 0 Å². The van der Waals surface area contributed by atoms with Crippen LogP contribution in [0.15, 0.2) is 29.3 Å². The van der Waals surface area contributed by atoms with Gasteiger partial charge in [0.15, 0.2) is 0 Å². The van der Waals surface area contributed by atoms with Crippen molar-refractivity contribution in [2.75, 3.05) is 12.3 Å². The first kappa shape index (κ1) is 26.5. The molecule has 0 aromatic carbocycles. The maximum absolute atomic E-state index is 13.0. The second kappa shape index (κ2) is 11.2. The Morgan fingerprint density at radius 3 is 2.60 bits per heavy atom. The second-order valence-electron chi connectivity index (χ2n) is 9.98. The molecule has 4 rings (SSSR count). The van der Waals surface area contributed by atoms with E-state index in [9.17, 15) is 18.0 Å². The van der Waals surface area contributed by atoms with Crippen LogP contribution >= 0.6 is 23.1 Å². The van der Waals surface area contributed by atoms with E-state index in [1.807, 2.05) is 24.4 Å². The molecule has 2 aromatic heterocycles. The van der Waals surface area contributed by atoms with E-state index in [0.29, 0.717) is 36.1 Å². The van der Waals surface area contributed by atoms with E-state index in [1.54, 1.807) is 23.1 Å². The second-order valence-corrected chi connectivity index (χ2v) is 12.4. The topological polar surface area (TPSA) is 45.2 Å². The predicted molar refractivity (Wildman–Crippen MR) is 136 cm³/mol. The van der Waals surface area contributed by atoms with E-state index in [-0.39, 0.29) is 24.8 Å². The number of carbonyl (C=O) groups excluding carboxylic acids is 1. The summed E-state index contributed by atoms with van der Waals surface area (Å²) in [6.07, 6.45) is -0.455. The molecule has 1 amide bonds. The first-order valence-electron chi connectivity index (χ1n) is 12.4. The summed E-state index contributed by atoms with van der Waals surface area (Å²) in [5.41, 5.74) is 2.01. The van der Waals surface area contributed by atoms with Crippen molar-refractivity contribution < 1.29 is 18.0 Å². The fourth-order valence-electron chi connectivity index (χ4n) is 5.34. The van der Waals surface area contributed by atoms with Crippen molar-refractivity contribution in [1.29, 1.82) is 0 Å². The first-order chi connectivity index (χ1) is 16.7. The molecule has 0 saturated heterocycles. The molecule has 4 nitrogen and oxygen atoms in total. The number of hydrogen-bond acceptors (Lipinski definition) is 5. The van der Waals surface area contributed by atoms with Gasteiger partial charge in [-0.3, -0.25) is 14.7 Å². The zero-order valence-corrected chi connectivity index (χ0v) is 22.2. The summed E-state index contributed by atoms with van der Waals surface area (Å²) in [4.78, 5) is 22.8. The van der Waals surface area contributed by atoms with Gasteiger partial charge in [0.05, 0.1) is 23.0 Å². The summed E-state index contributed by atoms with van der Waals surface area (Å²) in [6.45, 7) is 8.44. The van der Waals surface area contributed by atoms with Gasteiger partial charge in [0.25, 0.3) is 5.91 Å². The standard InChI is InChI=1S/C26H34F3N3OS2/c1-4-34-21-10-9-20(30-13-21)12-31-25(33)22-11-18-15-32(23(16(2)3)24(18)35-22)14-17-5-7-19(8-6-17)26(27,28)29/h9-11,13,16-17,19,23H,4-8,12,14-15H2,1-3H3,(H,31,33). The molecule has 2 aliphatic rings. The molecule has 0 bridgehead atoms. The van der Waals surface area contributed by atoms with Gasteiger partial charge in [-0.05, 0) is 67.0 Å². The molecule has 1 saturated carbocycles. The average Bonchev–Trinajstić information content (AvgIpc) is 3.36. The lowest BCUT2D eigenvalue weighted by Gasteiger charge is -2.35. The number of fused-ring (bicyclic) bond motifs is 1. The van der Waals surface area contributed by atoms with Crippen LogP contribution in [-0.4, -0.2) is 34.3 Å². The number of alkyl halides is 3. The summed E-state index contributed by atoms with van der Waals surface area (Å²) in [6, 6.07) is 6.18. The van der Waals surface area contributed by atoms with Gasteiger partial charge in [-0.15, -0.1) is 23.1 Å². The molecule has 1 fully saturated rings. The third kappa shape index (κ3) is 6.41. The number of thiophene rings is 1. The number of carbonyl (C=O) groups is 1. The quantitative estimate of drug-likeness (QED) is 0.375. The molecular weight excluding hydrogens is 491 g/mol. The number of hydrogen-bond donors (Lipinski definition) is 1. The molecule has 1 atom stereocenters. The van der Waals surface area contributed by atoms with Crippen molar-refractivity contribution in [2.45, 2.75) is 76.7 Å². The van der Waals surface area contributed by atoms with E-state index in [0.717, 1.165) is 29.4 Å². The van der Waals surface area contributed by atoms with Crippen LogP contribution in [0.4, 0.5) is 13.2 Å². The molecular formula is C26H34F3N3OS2. The van der Waals surface area contributed by atoms with Gasteiger partial charge in [-0.1, -0.05) is 20.8 Å². The smallest absolute Gasteiger partial charge is 0.346 e. The Balaban J connectivity index is 1.34. The minimum atomic E-state index is -4.06. The summed E-state index contributed by atoms with van der Waals surface area (Å²) >= 11 is 3.29. The van der Waals surface area contributed by atoms with Gasteiger partial charge in [0.1, 0.15) is 0 Å². The molecule has 0 radical (unpaired) electrons. The van der Waals surface area contributed by atoms with Crippen LogP contribution in [0.5, 0.6) is 0 Å². The normalized spacial score (nSPS) is 23.0. The van der Waals surface area contributed by atoms with E-state index in [2.05, 4.69) is 36.0 Å². The van der Waals surface area contributed by atoms with Gasteiger partial charge >= 0.3 is 6.18 Å². The van der Waals surface area contributed by atoms with E-state index >= 15 is 0 Å². The van der Waals surface area contributed by atoms with Gasteiger partial charge in [0.2, 0.25) is 0 Å². The van der Waals surface area contributed by atoms with Crippen LogP contribution in [0.1, 0.15) is 78.3 Å². The Morgan fingerprint density at radius 2 is 2.00 bits per heavy atom. The molecule has 1 aliphatic carbocycles. The highest BCUT2D eigenvalue weighted by Crippen LogP contribution is 2.46.